The van der Waals surface area contributed by atoms with Crippen LogP contribution < -0.4 is 0 Å². The summed E-state index contributed by atoms with van der Waals surface area (Å²) in [4.78, 5) is 40.2. The van der Waals surface area contributed by atoms with Crippen molar-refractivity contribution in [3.8, 4) is 11.1 Å². The van der Waals surface area contributed by atoms with Crippen LogP contribution >= 0.6 is 0 Å². The third-order valence-corrected chi connectivity index (χ3v) is 5.95. The fourth-order valence-electron chi connectivity index (χ4n) is 4.21. The van der Waals surface area contributed by atoms with Gasteiger partial charge < -0.3 is 9.80 Å². The van der Waals surface area contributed by atoms with E-state index in [4.69, 9.17) is 0 Å². The third kappa shape index (κ3) is 3.94. The molecule has 0 saturated carbocycles. The molecule has 4 amide bonds. The summed E-state index contributed by atoms with van der Waals surface area (Å²) in [5.74, 6) is -0.827. The van der Waals surface area contributed by atoms with Gasteiger partial charge in [0.2, 0.25) is 5.91 Å². The minimum absolute atomic E-state index is 0.0445. The lowest BCUT2D eigenvalue weighted by Gasteiger charge is -2.24. The second kappa shape index (κ2) is 7.96. The lowest BCUT2D eigenvalue weighted by molar-refractivity contribution is -0.141. The van der Waals surface area contributed by atoms with Gasteiger partial charge in [0.15, 0.2) is 0 Å². The third-order valence-electron chi connectivity index (χ3n) is 5.95. The first kappa shape index (κ1) is 21.9. The molecule has 0 aliphatic carbocycles. The smallest absolute Gasteiger partial charge is 0.325 e. The van der Waals surface area contributed by atoms with Crippen molar-refractivity contribution in [2.45, 2.75) is 32.6 Å². The van der Waals surface area contributed by atoms with E-state index in [0.717, 1.165) is 21.6 Å². The van der Waals surface area contributed by atoms with Gasteiger partial charge in [-0.1, -0.05) is 30.3 Å². The number of benzene rings is 2. The number of likely N-dealkylation sites (N-methyl/N-ethyl adjacent to an activating group) is 1. The van der Waals surface area contributed by atoms with Crippen LogP contribution in [0.25, 0.3) is 11.1 Å². The minimum atomic E-state index is -4.44. The lowest BCUT2D eigenvalue weighted by Crippen LogP contribution is -2.34. The van der Waals surface area contributed by atoms with Crippen molar-refractivity contribution >= 4 is 17.8 Å². The molecule has 168 valence electrons. The van der Waals surface area contributed by atoms with Crippen LogP contribution in [0.15, 0.2) is 42.5 Å². The summed E-state index contributed by atoms with van der Waals surface area (Å²) in [5, 5.41) is 0. The van der Waals surface area contributed by atoms with Crippen LogP contribution in [-0.2, 0) is 11.3 Å². The molecule has 0 N–H and O–H groups in total. The van der Waals surface area contributed by atoms with E-state index >= 15 is 0 Å². The maximum absolute atomic E-state index is 12.7. The topological polar surface area (TPSA) is 60.9 Å². The fourth-order valence-corrected chi connectivity index (χ4v) is 4.21. The number of urea groups is 1. The van der Waals surface area contributed by atoms with Gasteiger partial charge in [0, 0.05) is 18.7 Å². The highest BCUT2D eigenvalue weighted by atomic mass is 19.4. The summed E-state index contributed by atoms with van der Waals surface area (Å²) < 4.78 is 38.1. The van der Waals surface area contributed by atoms with Gasteiger partial charge in [-0.25, -0.2) is 4.79 Å². The number of rotatable bonds is 5. The molecule has 6 nitrogen and oxygen atoms in total. The zero-order chi connectivity index (χ0) is 23.2. The van der Waals surface area contributed by atoms with Crippen molar-refractivity contribution in [2.24, 2.45) is 0 Å². The van der Waals surface area contributed by atoms with Gasteiger partial charge in [0.25, 0.3) is 5.91 Å². The molecule has 1 unspecified atom stereocenters. The predicted molar refractivity (Wildman–Crippen MR) is 111 cm³/mol. The van der Waals surface area contributed by atoms with Gasteiger partial charge in [-0.3, -0.25) is 14.5 Å². The van der Waals surface area contributed by atoms with E-state index < -0.39 is 18.6 Å². The molecule has 9 heteroatoms. The number of carbonyl (C=O) groups is 3. The van der Waals surface area contributed by atoms with Gasteiger partial charge >= 0.3 is 12.2 Å². The van der Waals surface area contributed by atoms with Crippen LogP contribution in [0.5, 0.6) is 0 Å². The Kier molecular flexibility index (Phi) is 5.44. The summed E-state index contributed by atoms with van der Waals surface area (Å²) in [6, 6.07) is 11.9. The zero-order valence-corrected chi connectivity index (χ0v) is 17.6. The highest BCUT2D eigenvalue weighted by molar-refractivity contribution is 6.02. The van der Waals surface area contributed by atoms with Crippen molar-refractivity contribution < 1.29 is 27.6 Å². The molecule has 1 atom stereocenters. The molecule has 1 fully saturated rings. The summed E-state index contributed by atoms with van der Waals surface area (Å²) in [6.45, 7) is 2.65. The van der Waals surface area contributed by atoms with Crippen molar-refractivity contribution in [2.75, 3.05) is 19.6 Å². The summed E-state index contributed by atoms with van der Waals surface area (Å²) in [7, 11) is 0. The molecule has 2 aromatic rings. The Hall–Kier alpha value is -3.36. The maximum atomic E-state index is 12.7. The number of hydrogen-bond donors (Lipinski definition) is 0. The normalized spacial score (nSPS) is 17.4. The van der Waals surface area contributed by atoms with E-state index in [1.54, 1.807) is 25.1 Å². The number of alkyl halides is 3. The van der Waals surface area contributed by atoms with Crippen molar-refractivity contribution in [3.63, 3.8) is 0 Å². The second-order valence-electron chi connectivity index (χ2n) is 7.99. The van der Waals surface area contributed by atoms with Crippen LogP contribution in [0.2, 0.25) is 0 Å². The van der Waals surface area contributed by atoms with Crippen molar-refractivity contribution in [3.05, 3.63) is 59.2 Å². The number of carbonyl (C=O) groups excluding carboxylic acids is 3. The molecule has 0 aromatic heterocycles. The molecule has 0 spiro atoms. The zero-order valence-electron chi connectivity index (χ0n) is 17.6. The quantitative estimate of drug-likeness (QED) is 0.648. The first-order valence-electron chi connectivity index (χ1n) is 10.3. The van der Waals surface area contributed by atoms with Crippen LogP contribution in [0, 0.1) is 0 Å². The van der Waals surface area contributed by atoms with E-state index in [1.165, 1.54) is 9.80 Å². The number of amides is 4. The van der Waals surface area contributed by atoms with Crippen LogP contribution in [0.1, 0.15) is 41.4 Å². The van der Waals surface area contributed by atoms with Crippen molar-refractivity contribution in [1.29, 1.82) is 0 Å². The Morgan fingerprint density at radius 3 is 2.22 bits per heavy atom. The summed E-state index contributed by atoms with van der Waals surface area (Å²) >= 11 is 0. The van der Waals surface area contributed by atoms with Gasteiger partial charge in [-0.05, 0) is 48.2 Å². The standard InChI is InChI=1S/C23H22F3N3O3/c1-3-28-20(30)12-29(22(28)32)14(2)15-4-6-16(7-5-15)17-8-9-19-18(10-17)11-27(21(19)31)13-23(24,25)26/h4-10,14H,3,11-13H2,1-2H3. The first-order chi connectivity index (χ1) is 15.1. The number of fused-ring (bicyclic) bond motifs is 1. The minimum Gasteiger partial charge on any atom is -0.325 e. The largest absolute Gasteiger partial charge is 0.406 e. The molecule has 32 heavy (non-hydrogen) atoms. The van der Waals surface area contributed by atoms with Gasteiger partial charge in [-0.2, -0.15) is 13.2 Å². The van der Waals surface area contributed by atoms with E-state index in [2.05, 4.69) is 0 Å². The average Bonchev–Trinajstić information content (AvgIpc) is 3.21. The fraction of sp³-hybridized carbons (Fsp3) is 0.348. The molecule has 0 radical (unpaired) electrons. The monoisotopic (exact) mass is 445 g/mol. The SMILES string of the molecule is CCN1C(=O)CN(C(C)c2ccc(-c3ccc4c(c3)CN(CC(F)(F)F)C4=O)cc2)C1=O. The van der Waals surface area contributed by atoms with Crippen LogP contribution in [0.3, 0.4) is 0 Å². The molecule has 2 heterocycles. The van der Waals surface area contributed by atoms with Gasteiger partial charge in [0.1, 0.15) is 13.1 Å². The lowest BCUT2D eigenvalue weighted by atomic mass is 9.98. The van der Waals surface area contributed by atoms with E-state index in [9.17, 15) is 27.6 Å². The summed E-state index contributed by atoms with van der Waals surface area (Å²) in [5.41, 5.74) is 3.34. The number of halogens is 3. The molecular weight excluding hydrogens is 423 g/mol. The van der Waals surface area contributed by atoms with E-state index in [0.29, 0.717) is 17.7 Å². The molecule has 0 bridgehead atoms. The Balaban J connectivity index is 1.51. The Morgan fingerprint density at radius 1 is 0.969 bits per heavy atom. The molecule has 2 aromatic carbocycles. The highest BCUT2D eigenvalue weighted by Crippen LogP contribution is 2.32. The molecule has 4 rings (SSSR count). The van der Waals surface area contributed by atoms with Gasteiger partial charge in [-0.15, -0.1) is 0 Å². The van der Waals surface area contributed by atoms with Crippen LogP contribution in [0.4, 0.5) is 18.0 Å². The highest BCUT2D eigenvalue weighted by Gasteiger charge is 2.38. The van der Waals surface area contributed by atoms with E-state index in [1.807, 2.05) is 31.2 Å². The molecule has 2 aliphatic heterocycles. The second-order valence-corrected chi connectivity index (χ2v) is 7.99. The van der Waals surface area contributed by atoms with Crippen LogP contribution in [-0.4, -0.2) is 58.4 Å². The number of hydrogen-bond acceptors (Lipinski definition) is 3. The number of nitrogens with zero attached hydrogens (tertiary/aromatic N) is 3. The average molecular weight is 445 g/mol. The molecular formula is C23H22F3N3O3. The van der Waals surface area contributed by atoms with E-state index in [-0.39, 0.29) is 31.1 Å². The number of imide groups is 1. The predicted octanol–water partition coefficient (Wildman–Crippen LogP) is 4.22. The van der Waals surface area contributed by atoms with Gasteiger partial charge in [0.05, 0.1) is 6.04 Å². The maximum Gasteiger partial charge on any atom is 0.406 e. The van der Waals surface area contributed by atoms with Crippen molar-refractivity contribution in [1.82, 2.24) is 14.7 Å². The Labute approximate surface area is 183 Å². The summed E-state index contributed by atoms with van der Waals surface area (Å²) in [6.07, 6.45) is -4.44. The first-order valence-corrected chi connectivity index (χ1v) is 10.3. The Bertz CT molecular complexity index is 1080. The molecule has 2 aliphatic rings. The Morgan fingerprint density at radius 2 is 1.62 bits per heavy atom. The molecule has 1 saturated heterocycles.